The Morgan fingerprint density at radius 3 is 2.15 bits per heavy atom. The van der Waals surface area contributed by atoms with Gasteiger partial charge in [-0.1, -0.05) is 64.0 Å². The zero-order valence-electron chi connectivity index (χ0n) is 16.5. The molecule has 0 aromatic rings. The number of aliphatic hydroxyl groups is 3. The number of aliphatic hydroxyl groups excluding tert-OH is 3. The Morgan fingerprint density at radius 1 is 0.885 bits per heavy atom. The second-order valence-corrected chi connectivity index (χ2v) is 7.32. The molecule has 1 saturated heterocycles. The molecule has 0 bridgehead atoms. The number of hydrogen-bond acceptors (Lipinski definition) is 5. The second kappa shape index (κ2) is 15.6. The van der Waals surface area contributed by atoms with Crippen LogP contribution < -0.4 is 0 Å². The van der Waals surface area contributed by atoms with E-state index in [0.29, 0.717) is 6.61 Å². The Balaban J connectivity index is 1.88. The zero-order chi connectivity index (χ0) is 19.0. The minimum Gasteiger partial charge on any atom is -0.394 e. The van der Waals surface area contributed by atoms with Gasteiger partial charge in [0.15, 0.2) is 0 Å². The van der Waals surface area contributed by atoms with E-state index < -0.39 is 24.4 Å². The average Bonchev–Trinajstić information content (AvgIpc) is 2.65. The van der Waals surface area contributed by atoms with E-state index in [0.717, 1.165) is 12.8 Å². The predicted molar refractivity (Wildman–Crippen MR) is 104 cm³/mol. The van der Waals surface area contributed by atoms with Gasteiger partial charge >= 0.3 is 0 Å². The summed E-state index contributed by atoms with van der Waals surface area (Å²) in [6, 6.07) is 0. The lowest BCUT2D eigenvalue weighted by Gasteiger charge is -2.36. The first kappa shape index (κ1) is 23.6. The molecule has 0 spiro atoms. The first-order valence-electron chi connectivity index (χ1n) is 10.6. The maximum Gasteiger partial charge on any atom is 0.111 e. The van der Waals surface area contributed by atoms with Gasteiger partial charge in [-0.25, -0.2) is 0 Å². The number of ether oxygens (including phenoxy) is 2. The van der Waals surface area contributed by atoms with E-state index in [4.69, 9.17) is 14.6 Å². The molecule has 154 valence electrons. The predicted octanol–water partition coefficient (Wildman–Crippen LogP) is 3.35. The summed E-state index contributed by atoms with van der Waals surface area (Å²) in [4.78, 5) is 0. The van der Waals surface area contributed by atoms with Gasteiger partial charge in [-0.3, -0.25) is 0 Å². The Hall–Kier alpha value is -0.460. The smallest absolute Gasteiger partial charge is 0.111 e. The van der Waals surface area contributed by atoms with Crippen molar-refractivity contribution in [2.24, 2.45) is 0 Å². The maximum absolute atomic E-state index is 9.97. The van der Waals surface area contributed by atoms with Gasteiger partial charge in [-0.05, 0) is 25.7 Å². The highest BCUT2D eigenvalue weighted by atomic mass is 16.6. The molecular weight excluding hydrogens is 332 g/mol. The molecule has 1 rings (SSSR count). The van der Waals surface area contributed by atoms with Gasteiger partial charge in [-0.2, -0.15) is 0 Å². The van der Waals surface area contributed by atoms with Crippen LogP contribution in [0, 0.1) is 0 Å². The molecule has 0 amide bonds. The van der Waals surface area contributed by atoms with E-state index in [1.54, 1.807) is 0 Å². The van der Waals surface area contributed by atoms with Gasteiger partial charge in [0, 0.05) is 6.61 Å². The summed E-state index contributed by atoms with van der Waals surface area (Å²) in [5.41, 5.74) is 0. The summed E-state index contributed by atoms with van der Waals surface area (Å²) < 4.78 is 10.9. The summed E-state index contributed by atoms with van der Waals surface area (Å²) in [7, 11) is 0. The third-order valence-corrected chi connectivity index (χ3v) is 4.99. The third-order valence-electron chi connectivity index (χ3n) is 4.99. The van der Waals surface area contributed by atoms with Crippen molar-refractivity contribution >= 4 is 0 Å². The Kier molecular flexibility index (Phi) is 14.1. The van der Waals surface area contributed by atoms with Crippen molar-refractivity contribution in [2.75, 3.05) is 19.8 Å². The lowest BCUT2D eigenvalue weighted by molar-refractivity contribution is -0.208. The molecule has 1 heterocycles. The molecule has 0 aromatic heterocycles. The van der Waals surface area contributed by atoms with E-state index in [-0.39, 0.29) is 13.2 Å². The standard InChI is InChI=1S/C21H40O5/c1-2-3-4-5-6-7-8-9-10-11-12-13-14-15-25-19-17-26-18(16-22)20(23)21(19)24/h4-5,18-24H,2-3,6-17H2,1H3/b5-4+/t18-,19+,20-,21-/m0/s1. The normalized spacial score (nSPS) is 26.6. The minimum absolute atomic E-state index is 0.219. The molecule has 0 aliphatic carbocycles. The Morgan fingerprint density at radius 2 is 1.50 bits per heavy atom. The lowest BCUT2D eigenvalue weighted by atomic mass is 10.0. The van der Waals surface area contributed by atoms with E-state index in [9.17, 15) is 10.2 Å². The fourth-order valence-electron chi connectivity index (χ4n) is 3.22. The molecule has 1 fully saturated rings. The molecule has 1 aliphatic heterocycles. The van der Waals surface area contributed by atoms with Crippen LogP contribution in [0.3, 0.4) is 0 Å². The van der Waals surface area contributed by atoms with Crippen molar-refractivity contribution in [3.63, 3.8) is 0 Å². The Labute approximate surface area is 159 Å². The summed E-state index contributed by atoms with van der Waals surface area (Å²) in [5.74, 6) is 0. The molecule has 5 heteroatoms. The van der Waals surface area contributed by atoms with Gasteiger partial charge in [0.1, 0.15) is 24.4 Å². The van der Waals surface area contributed by atoms with Crippen LogP contribution in [-0.2, 0) is 9.47 Å². The molecule has 0 aromatic carbocycles. The van der Waals surface area contributed by atoms with Crippen molar-refractivity contribution in [1.29, 1.82) is 0 Å². The second-order valence-electron chi connectivity index (χ2n) is 7.32. The van der Waals surface area contributed by atoms with E-state index in [2.05, 4.69) is 19.1 Å². The van der Waals surface area contributed by atoms with E-state index in [1.165, 1.54) is 57.8 Å². The van der Waals surface area contributed by atoms with Crippen molar-refractivity contribution in [2.45, 2.75) is 102 Å². The van der Waals surface area contributed by atoms with Crippen LogP contribution in [0.4, 0.5) is 0 Å². The number of allylic oxidation sites excluding steroid dienone is 2. The third kappa shape index (κ3) is 10.0. The van der Waals surface area contributed by atoms with Gasteiger partial charge in [0.25, 0.3) is 0 Å². The largest absolute Gasteiger partial charge is 0.394 e. The van der Waals surface area contributed by atoms with Crippen LogP contribution in [-0.4, -0.2) is 59.6 Å². The zero-order valence-corrected chi connectivity index (χ0v) is 16.5. The molecule has 26 heavy (non-hydrogen) atoms. The highest BCUT2D eigenvalue weighted by Crippen LogP contribution is 2.18. The molecule has 3 N–H and O–H groups in total. The van der Waals surface area contributed by atoms with Crippen molar-refractivity contribution in [1.82, 2.24) is 0 Å². The van der Waals surface area contributed by atoms with Gasteiger partial charge < -0.3 is 24.8 Å². The molecule has 0 radical (unpaired) electrons. The van der Waals surface area contributed by atoms with Crippen LogP contribution in [0.5, 0.6) is 0 Å². The van der Waals surface area contributed by atoms with Gasteiger partial charge in [-0.15, -0.1) is 0 Å². The monoisotopic (exact) mass is 372 g/mol. The maximum atomic E-state index is 9.97. The van der Waals surface area contributed by atoms with Crippen molar-refractivity contribution < 1.29 is 24.8 Å². The fraction of sp³-hybridized carbons (Fsp3) is 0.905. The van der Waals surface area contributed by atoms with Gasteiger partial charge in [0.05, 0.1) is 13.2 Å². The molecular formula is C21H40O5. The number of hydrogen-bond donors (Lipinski definition) is 3. The topological polar surface area (TPSA) is 79.2 Å². The van der Waals surface area contributed by atoms with Crippen LogP contribution in [0.15, 0.2) is 12.2 Å². The van der Waals surface area contributed by atoms with Crippen molar-refractivity contribution in [3.8, 4) is 0 Å². The molecule has 0 saturated carbocycles. The molecule has 4 atom stereocenters. The molecule has 5 nitrogen and oxygen atoms in total. The first-order valence-corrected chi connectivity index (χ1v) is 10.6. The quantitative estimate of drug-likeness (QED) is 0.303. The van der Waals surface area contributed by atoms with E-state index in [1.807, 2.05) is 0 Å². The molecule has 0 unspecified atom stereocenters. The SMILES string of the molecule is CCC/C=C/CCCCCCCCCCO[C@@H]1CO[C@@H](CO)[C@H](O)[C@H]1O. The van der Waals surface area contributed by atoms with E-state index >= 15 is 0 Å². The summed E-state index contributed by atoms with van der Waals surface area (Å²) in [5, 5.41) is 28.8. The first-order chi connectivity index (χ1) is 12.7. The highest BCUT2D eigenvalue weighted by Gasteiger charge is 2.38. The fourth-order valence-corrected chi connectivity index (χ4v) is 3.22. The Bertz CT molecular complexity index is 347. The average molecular weight is 373 g/mol. The minimum atomic E-state index is -1.08. The van der Waals surface area contributed by atoms with Crippen molar-refractivity contribution in [3.05, 3.63) is 12.2 Å². The number of unbranched alkanes of at least 4 members (excludes halogenated alkanes) is 9. The van der Waals surface area contributed by atoms with Crippen LogP contribution in [0.1, 0.15) is 77.6 Å². The van der Waals surface area contributed by atoms with Crippen LogP contribution in [0.25, 0.3) is 0 Å². The summed E-state index contributed by atoms with van der Waals surface area (Å²) in [6.45, 7) is 2.71. The van der Waals surface area contributed by atoms with Gasteiger partial charge in [0.2, 0.25) is 0 Å². The van der Waals surface area contributed by atoms with Crippen LogP contribution in [0.2, 0.25) is 0 Å². The highest BCUT2D eigenvalue weighted by molar-refractivity contribution is 4.87. The lowest BCUT2D eigenvalue weighted by Crippen LogP contribution is -2.55. The summed E-state index contributed by atoms with van der Waals surface area (Å²) in [6.07, 6.45) is 14.9. The van der Waals surface area contributed by atoms with Crippen LogP contribution >= 0.6 is 0 Å². The number of rotatable bonds is 15. The summed E-state index contributed by atoms with van der Waals surface area (Å²) >= 11 is 0. The molecule has 1 aliphatic rings.